The van der Waals surface area contributed by atoms with E-state index in [0.29, 0.717) is 4.77 Å². The SMILES string of the molecule is CSCCCCCn1ccc(=O)[nH]c1=S. The fourth-order valence-electron chi connectivity index (χ4n) is 1.33. The molecular weight excluding hydrogens is 228 g/mol. The molecule has 0 radical (unpaired) electrons. The molecule has 0 aliphatic carbocycles. The molecule has 0 unspecified atom stereocenters. The predicted octanol–water partition coefficient (Wildman–Crippen LogP) is 2.44. The van der Waals surface area contributed by atoms with Crippen molar-refractivity contribution in [1.82, 2.24) is 9.55 Å². The maximum atomic E-state index is 10.9. The van der Waals surface area contributed by atoms with Gasteiger partial charge in [-0.25, -0.2) is 0 Å². The highest BCUT2D eigenvalue weighted by atomic mass is 32.2. The first kappa shape index (κ1) is 12.5. The molecule has 1 N–H and O–H groups in total. The van der Waals surface area contributed by atoms with Crippen LogP contribution in [0.5, 0.6) is 0 Å². The van der Waals surface area contributed by atoms with Crippen LogP contribution in [0, 0.1) is 4.77 Å². The number of rotatable bonds is 6. The minimum Gasteiger partial charge on any atom is -0.325 e. The zero-order valence-corrected chi connectivity index (χ0v) is 10.5. The van der Waals surface area contributed by atoms with Gasteiger partial charge in [0.25, 0.3) is 5.56 Å². The molecule has 1 aromatic rings. The van der Waals surface area contributed by atoms with Crippen LogP contribution in [0.15, 0.2) is 17.1 Å². The second kappa shape index (κ2) is 6.85. The number of hydrogen-bond donors (Lipinski definition) is 1. The number of aromatic nitrogens is 2. The molecule has 5 heteroatoms. The van der Waals surface area contributed by atoms with Crippen LogP contribution in [0.2, 0.25) is 0 Å². The Kier molecular flexibility index (Phi) is 5.71. The monoisotopic (exact) mass is 244 g/mol. The fraction of sp³-hybridized carbons (Fsp3) is 0.600. The van der Waals surface area contributed by atoms with Crippen molar-refractivity contribution in [2.24, 2.45) is 0 Å². The molecule has 0 saturated heterocycles. The minimum absolute atomic E-state index is 0.126. The van der Waals surface area contributed by atoms with Crippen LogP contribution in [0.4, 0.5) is 0 Å². The Bertz CT molecular complexity index is 397. The van der Waals surface area contributed by atoms with Gasteiger partial charge in [-0.1, -0.05) is 6.42 Å². The summed E-state index contributed by atoms with van der Waals surface area (Å²) in [7, 11) is 0. The van der Waals surface area contributed by atoms with Crippen molar-refractivity contribution in [3.8, 4) is 0 Å². The van der Waals surface area contributed by atoms with Gasteiger partial charge in [-0.05, 0) is 37.1 Å². The Morgan fingerprint density at radius 2 is 2.27 bits per heavy atom. The Morgan fingerprint density at radius 3 is 2.93 bits per heavy atom. The van der Waals surface area contributed by atoms with Crippen LogP contribution in [0.25, 0.3) is 0 Å². The molecule has 84 valence electrons. The third-order valence-corrected chi connectivity index (χ3v) is 3.18. The molecule has 15 heavy (non-hydrogen) atoms. The molecule has 0 fully saturated rings. The van der Waals surface area contributed by atoms with Gasteiger partial charge in [0.1, 0.15) is 0 Å². The summed E-state index contributed by atoms with van der Waals surface area (Å²) in [6.45, 7) is 0.893. The summed E-state index contributed by atoms with van der Waals surface area (Å²) >= 11 is 6.92. The van der Waals surface area contributed by atoms with Crippen molar-refractivity contribution in [2.45, 2.75) is 25.8 Å². The Morgan fingerprint density at radius 1 is 1.47 bits per heavy atom. The van der Waals surface area contributed by atoms with Crippen LogP contribution in [0.3, 0.4) is 0 Å². The quantitative estimate of drug-likeness (QED) is 0.617. The number of nitrogens with one attached hydrogen (secondary N) is 1. The minimum atomic E-state index is -0.126. The van der Waals surface area contributed by atoms with E-state index >= 15 is 0 Å². The van der Waals surface area contributed by atoms with Crippen LogP contribution < -0.4 is 5.56 Å². The average molecular weight is 244 g/mol. The van der Waals surface area contributed by atoms with E-state index in [4.69, 9.17) is 12.2 Å². The number of aryl methyl sites for hydroxylation is 1. The van der Waals surface area contributed by atoms with E-state index in [1.807, 2.05) is 16.3 Å². The molecule has 1 rings (SSSR count). The van der Waals surface area contributed by atoms with Crippen LogP contribution in [0.1, 0.15) is 19.3 Å². The first-order valence-electron chi connectivity index (χ1n) is 5.03. The number of nitrogens with zero attached hydrogens (tertiary/aromatic N) is 1. The zero-order valence-electron chi connectivity index (χ0n) is 8.86. The topological polar surface area (TPSA) is 37.8 Å². The molecule has 0 amide bonds. The molecule has 0 spiro atoms. The van der Waals surface area contributed by atoms with Gasteiger partial charge in [-0.2, -0.15) is 11.8 Å². The van der Waals surface area contributed by atoms with E-state index in [0.717, 1.165) is 13.0 Å². The number of thioether (sulfide) groups is 1. The first-order chi connectivity index (χ1) is 7.24. The summed E-state index contributed by atoms with van der Waals surface area (Å²) in [4.78, 5) is 13.5. The maximum Gasteiger partial charge on any atom is 0.251 e. The summed E-state index contributed by atoms with van der Waals surface area (Å²) in [6.07, 6.45) is 7.45. The number of hydrogen-bond acceptors (Lipinski definition) is 3. The smallest absolute Gasteiger partial charge is 0.251 e. The third kappa shape index (κ3) is 4.66. The van der Waals surface area contributed by atoms with Crippen LogP contribution in [-0.4, -0.2) is 21.6 Å². The largest absolute Gasteiger partial charge is 0.325 e. The lowest BCUT2D eigenvalue weighted by Gasteiger charge is -2.05. The van der Waals surface area contributed by atoms with Gasteiger partial charge < -0.3 is 4.57 Å². The van der Waals surface area contributed by atoms with Gasteiger partial charge in [-0.3, -0.25) is 9.78 Å². The standard InChI is InChI=1S/C10H16N2OS2/c1-15-8-4-2-3-6-12-7-5-9(13)11-10(12)14/h5,7H,2-4,6,8H2,1H3,(H,11,13,14). The van der Waals surface area contributed by atoms with Gasteiger partial charge >= 0.3 is 0 Å². The highest BCUT2D eigenvalue weighted by Gasteiger charge is 1.93. The first-order valence-corrected chi connectivity index (χ1v) is 6.83. The van der Waals surface area contributed by atoms with E-state index in [9.17, 15) is 4.79 Å². The number of H-pyrrole nitrogens is 1. The lowest BCUT2D eigenvalue weighted by atomic mass is 10.2. The Labute approximate surface area is 98.9 Å². The summed E-state index contributed by atoms with van der Waals surface area (Å²) in [6, 6.07) is 1.51. The molecular formula is C10H16N2OS2. The van der Waals surface area contributed by atoms with Crippen LogP contribution in [-0.2, 0) is 6.54 Å². The fourth-order valence-corrected chi connectivity index (χ4v) is 2.07. The normalized spacial score (nSPS) is 10.5. The van der Waals surface area contributed by atoms with E-state index in [2.05, 4.69) is 11.2 Å². The summed E-state index contributed by atoms with van der Waals surface area (Å²) < 4.78 is 2.43. The van der Waals surface area contributed by atoms with Crippen molar-refractivity contribution < 1.29 is 0 Å². The summed E-state index contributed by atoms with van der Waals surface area (Å²) in [5, 5.41) is 0. The third-order valence-electron chi connectivity index (χ3n) is 2.14. The second-order valence-electron chi connectivity index (χ2n) is 3.36. The summed E-state index contributed by atoms with van der Waals surface area (Å²) in [5.74, 6) is 1.22. The Hall–Kier alpha value is -0.550. The summed E-state index contributed by atoms with van der Waals surface area (Å²) in [5.41, 5.74) is -0.126. The van der Waals surface area contributed by atoms with Crippen molar-refractivity contribution in [3.63, 3.8) is 0 Å². The van der Waals surface area contributed by atoms with Crippen molar-refractivity contribution in [2.75, 3.05) is 12.0 Å². The van der Waals surface area contributed by atoms with Gasteiger partial charge in [0.15, 0.2) is 4.77 Å². The molecule has 0 aromatic carbocycles. The lowest BCUT2D eigenvalue weighted by molar-refractivity contribution is 0.586. The number of aromatic amines is 1. The van der Waals surface area contributed by atoms with Crippen LogP contribution >= 0.6 is 24.0 Å². The van der Waals surface area contributed by atoms with E-state index < -0.39 is 0 Å². The predicted molar refractivity (Wildman–Crippen MR) is 68.1 cm³/mol. The molecule has 1 aromatic heterocycles. The molecule has 0 aliphatic heterocycles. The Balaban J connectivity index is 2.38. The molecule has 1 heterocycles. The van der Waals surface area contributed by atoms with Gasteiger partial charge in [0, 0.05) is 18.8 Å². The van der Waals surface area contributed by atoms with Gasteiger partial charge in [0.05, 0.1) is 0 Å². The van der Waals surface area contributed by atoms with Gasteiger partial charge in [0.2, 0.25) is 0 Å². The maximum absolute atomic E-state index is 10.9. The number of unbranched alkanes of at least 4 members (excludes halogenated alkanes) is 2. The van der Waals surface area contributed by atoms with E-state index in [1.165, 1.54) is 24.7 Å². The van der Waals surface area contributed by atoms with Crippen molar-refractivity contribution in [1.29, 1.82) is 0 Å². The van der Waals surface area contributed by atoms with Crippen molar-refractivity contribution >= 4 is 24.0 Å². The molecule has 0 bridgehead atoms. The molecule has 0 atom stereocenters. The average Bonchev–Trinajstić information content (AvgIpc) is 2.20. The molecule has 0 saturated carbocycles. The zero-order chi connectivity index (χ0) is 11.1. The second-order valence-corrected chi connectivity index (χ2v) is 4.73. The molecule has 0 aliphatic rings. The highest BCUT2D eigenvalue weighted by Crippen LogP contribution is 2.03. The highest BCUT2D eigenvalue weighted by molar-refractivity contribution is 7.98. The lowest BCUT2D eigenvalue weighted by Crippen LogP contribution is -2.11. The van der Waals surface area contributed by atoms with E-state index in [-0.39, 0.29) is 5.56 Å². The van der Waals surface area contributed by atoms with Crippen molar-refractivity contribution in [3.05, 3.63) is 27.4 Å². The van der Waals surface area contributed by atoms with Gasteiger partial charge in [-0.15, -0.1) is 0 Å². The molecule has 3 nitrogen and oxygen atoms in total. The van der Waals surface area contributed by atoms with E-state index in [1.54, 1.807) is 6.20 Å².